The Labute approximate surface area is 132 Å². The van der Waals surface area contributed by atoms with Gasteiger partial charge in [-0.2, -0.15) is 0 Å². The fourth-order valence-electron chi connectivity index (χ4n) is 2.62. The van der Waals surface area contributed by atoms with E-state index in [0.717, 1.165) is 17.3 Å². The zero-order valence-corrected chi connectivity index (χ0v) is 13.2. The summed E-state index contributed by atoms with van der Waals surface area (Å²) in [5.74, 6) is -0.0553. The quantitative estimate of drug-likeness (QED) is 0.798. The van der Waals surface area contributed by atoms with Crippen molar-refractivity contribution in [1.82, 2.24) is 5.32 Å². The van der Waals surface area contributed by atoms with Crippen LogP contribution in [-0.2, 0) is 12.8 Å². The third kappa shape index (κ3) is 2.76. The molecule has 2 aromatic rings. The predicted molar refractivity (Wildman–Crippen MR) is 86.5 cm³/mol. The number of carbonyl (C=O) groups is 1. The van der Waals surface area contributed by atoms with E-state index in [2.05, 4.69) is 46.0 Å². The molecule has 0 aromatic heterocycles. The monoisotopic (exact) mass is 347 g/mol. The average molecular weight is 348 g/mol. The SMILES string of the molecule is O=C(NC1Cc2ccccc2C1)c1ccc(Br)cc1S. The van der Waals surface area contributed by atoms with Gasteiger partial charge in [0.25, 0.3) is 5.91 Å². The van der Waals surface area contributed by atoms with Gasteiger partial charge >= 0.3 is 0 Å². The standard InChI is InChI=1S/C16H14BrNOS/c17-12-5-6-14(15(20)9-12)16(19)18-13-7-10-3-1-2-4-11(10)8-13/h1-6,9,13,20H,7-8H2,(H,18,19). The van der Waals surface area contributed by atoms with Gasteiger partial charge in [-0.3, -0.25) is 4.79 Å². The highest BCUT2D eigenvalue weighted by Gasteiger charge is 2.23. The molecule has 0 spiro atoms. The summed E-state index contributed by atoms with van der Waals surface area (Å²) in [5, 5.41) is 3.10. The highest BCUT2D eigenvalue weighted by molar-refractivity contribution is 9.10. The number of thiol groups is 1. The van der Waals surface area contributed by atoms with Gasteiger partial charge in [0.15, 0.2) is 0 Å². The first kappa shape index (κ1) is 13.7. The smallest absolute Gasteiger partial charge is 0.252 e. The fourth-order valence-corrected chi connectivity index (χ4v) is 3.47. The van der Waals surface area contributed by atoms with Crippen molar-refractivity contribution in [2.75, 3.05) is 0 Å². The molecule has 1 N–H and O–H groups in total. The number of fused-ring (bicyclic) bond motifs is 1. The van der Waals surface area contributed by atoms with Crippen LogP contribution in [0.1, 0.15) is 21.5 Å². The van der Waals surface area contributed by atoms with Gasteiger partial charge < -0.3 is 5.32 Å². The van der Waals surface area contributed by atoms with E-state index in [-0.39, 0.29) is 11.9 Å². The Balaban J connectivity index is 1.72. The zero-order valence-electron chi connectivity index (χ0n) is 10.8. The van der Waals surface area contributed by atoms with E-state index < -0.39 is 0 Å². The Hall–Kier alpha value is -1.26. The number of carbonyl (C=O) groups excluding carboxylic acids is 1. The summed E-state index contributed by atoms with van der Waals surface area (Å²) < 4.78 is 0.923. The second-order valence-electron chi connectivity index (χ2n) is 5.01. The number of rotatable bonds is 2. The molecule has 0 saturated heterocycles. The maximum atomic E-state index is 12.3. The van der Waals surface area contributed by atoms with Gasteiger partial charge in [-0.1, -0.05) is 40.2 Å². The van der Waals surface area contributed by atoms with Crippen LogP contribution in [0.3, 0.4) is 0 Å². The van der Waals surface area contributed by atoms with Gasteiger partial charge in [-0.15, -0.1) is 12.6 Å². The van der Waals surface area contributed by atoms with E-state index >= 15 is 0 Å². The lowest BCUT2D eigenvalue weighted by Gasteiger charge is -2.13. The molecule has 0 unspecified atom stereocenters. The van der Waals surface area contributed by atoms with Gasteiger partial charge in [-0.05, 0) is 42.2 Å². The van der Waals surface area contributed by atoms with Gasteiger partial charge in [0.05, 0.1) is 5.56 Å². The van der Waals surface area contributed by atoms with Crippen LogP contribution in [0.2, 0.25) is 0 Å². The molecular weight excluding hydrogens is 334 g/mol. The third-order valence-electron chi connectivity index (χ3n) is 3.59. The van der Waals surface area contributed by atoms with Gasteiger partial charge in [0.1, 0.15) is 0 Å². The van der Waals surface area contributed by atoms with Crippen LogP contribution >= 0.6 is 28.6 Å². The Bertz CT molecular complexity index is 646. The topological polar surface area (TPSA) is 29.1 Å². The number of amides is 1. The second kappa shape index (κ2) is 5.62. The number of halogens is 1. The molecule has 0 fully saturated rings. The molecule has 0 radical (unpaired) electrons. The van der Waals surface area contributed by atoms with Gasteiger partial charge in [0, 0.05) is 15.4 Å². The molecule has 0 aliphatic heterocycles. The van der Waals surface area contributed by atoms with Crippen molar-refractivity contribution >= 4 is 34.5 Å². The molecule has 0 bridgehead atoms. The normalized spacial score (nSPS) is 14.1. The molecule has 2 aromatic carbocycles. The van der Waals surface area contributed by atoms with Gasteiger partial charge in [-0.25, -0.2) is 0 Å². The third-order valence-corrected chi connectivity index (χ3v) is 4.45. The first-order valence-electron chi connectivity index (χ1n) is 6.49. The molecule has 0 atom stereocenters. The van der Waals surface area contributed by atoms with E-state index in [9.17, 15) is 4.79 Å². The van der Waals surface area contributed by atoms with E-state index in [0.29, 0.717) is 10.5 Å². The molecule has 2 nitrogen and oxygen atoms in total. The van der Waals surface area contributed by atoms with Crippen LogP contribution in [0.25, 0.3) is 0 Å². The van der Waals surface area contributed by atoms with Crippen LogP contribution in [0.15, 0.2) is 51.8 Å². The van der Waals surface area contributed by atoms with Gasteiger partial charge in [0.2, 0.25) is 0 Å². The summed E-state index contributed by atoms with van der Waals surface area (Å²) in [7, 11) is 0. The number of hydrogen-bond donors (Lipinski definition) is 2. The molecule has 1 amide bonds. The van der Waals surface area contributed by atoms with Crippen molar-refractivity contribution in [2.45, 2.75) is 23.8 Å². The molecule has 102 valence electrons. The van der Waals surface area contributed by atoms with E-state index in [1.807, 2.05) is 24.3 Å². The molecule has 0 saturated carbocycles. The minimum absolute atomic E-state index is 0.0553. The summed E-state index contributed by atoms with van der Waals surface area (Å²) in [5.41, 5.74) is 3.28. The lowest BCUT2D eigenvalue weighted by atomic mass is 10.1. The minimum Gasteiger partial charge on any atom is -0.349 e. The van der Waals surface area contributed by atoms with E-state index in [4.69, 9.17) is 0 Å². The number of benzene rings is 2. The fraction of sp³-hybridized carbons (Fsp3) is 0.188. The van der Waals surface area contributed by atoms with Crippen molar-refractivity contribution in [3.8, 4) is 0 Å². The first-order chi connectivity index (χ1) is 9.63. The van der Waals surface area contributed by atoms with Crippen molar-refractivity contribution in [1.29, 1.82) is 0 Å². The second-order valence-corrected chi connectivity index (χ2v) is 6.41. The Morgan fingerprint density at radius 2 is 1.80 bits per heavy atom. The van der Waals surface area contributed by atoms with Crippen LogP contribution in [0.4, 0.5) is 0 Å². The van der Waals surface area contributed by atoms with Crippen molar-refractivity contribution < 1.29 is 4.79 Å². The number of hydrogen-bond acceptors (Lipinski definition) is 2. The lowest BCUT2D eigenvalue weighted by molar-refractivity contribution is 0.0935. The molecular formula is C16H14BrNOS. The van der Waals surface area contributed by atoms with Crippen LogP contribution < -0.4 is 5.32 Å². The molecule has 1 aliphatic carbocycles. The Kier molecular flexibility index (Phi) is 3.85. The van der Waals surface area contributed by atoms with Crippen LogP contribution in [-0.4, -0.2) is 11.9 Å². The first-order valence-corrected chi connectivity index (χ1v) is 7.73. The highest BCUT2D eigenvalue weighted by Crippen LogP contribution is 2.23. The summed E-state index contributed by atoms with van der Waals surface area (Å²) in [6.45, 7) is 0. The average Bonchev–Trinajstić information content (AvgIpc) is 2.80. The van der Waals surface area contributed by atoms with Crippen molar-refractivity contribution in [2.24, 2.45) is 0 Å². The highest BCUT2D eigenvalue weighted by atomic mass is 79.9. The van der Waals surface area contributed by atoms with Crippen molar-refractivity contribution in [3.05, 3.63) is 63.6 Å². The molecule has 1 aliphatic rings. The molecule has 3 rings (SSSR count). The molecule has 0 heterocycles. The molecule has 4 heteroatoms. The summed E-state index contributed by atoms with van der Waals surface area (Å²) in [6, 6.07) is 14.0. The lowest BCUT2D eigenvalue weighted by Crippen LogP contribution is -2.35. The predicted octanol–water partition coefficient (Wildman–Crippen LogP) is 3.64. The van der Waals surface area contributed by atoms with Crippen molar-refractivity contribution in [3.63, 3.8) is 0 Å². The maximum Gasteiger partial charge on any atom is 0.252 e. The maximum absolute atomic E-state index is 12.3. The summed E-state index contributed by atoms with van der Waals surface area (Å²) >= 11 is 7.73. The zero-order chi connectivity index (χ0) is 14.1. The number of nitrogens with one attached hydrogen (secondary N) is 1. The Morgan fingerprint density at radius 1 is 1.15 bits per heavy atom. The van der Waals surface area contributed by atoms with E-state index in [1.54, 1.807) is 6.07 Å². The Morgan fingerprint density at radius 3 is 2.40 bits per heavy atom. The van der Waals surface area contributed by atoms with Crippen LogP contribution in [0.5, 0.6) is 0 Å². The largest absolute Gasteiger partial charge is 0.349 e. The molecule has 20 heavy (non-hydrogen) atoms. The van der Waals surface area contributed by atoms with E-state index in [1.165, 1.54) is 11.1 Å². The summed E-state index contributed by atoms with van der Waals surface area (Å²) in [4.78, 5) is 13.0. The summed E-state index contributed by atoms with van der Waals surface area (Å²) in [6.07, 6.45) is 1.81. The minimum atomic E-state index is -0.0553. The van der Waals surface area contributed by atoms with Crippen LogP contribution in [0, 0.1) is 0 Å².